The second kappa shape index (κ2) is 40.4. The van der Waals surface area contributed by atoms with Gasteiger partial charge in [-0.25, -0.2) is 9.36 Å². The van der Waals surface area contributed by atoms with Crippen LogP contribution in [0.15, 0.2) is 0 Å². The molecule has 0 aromatic heterocycles. The third-order valence-electron chi connectivity index (χ3n) is 8.27. The number of esters is 2. The van der Waals surface area contributed by atoms with Gasteiger partial charge < -0.3 is 35.3 Å². The number of phosphoric ester groups is 1. The fourth-order valence-electron chi connectivity index (χ4n) is 5.28. The molecule has 0 saturated carbocycles. The number of rotatable bonds is 37. The Labute approximate surface area is 316 Å². The number of carbonyl (C=O) groups is 3. The molecule has 0 aliphatic carbocycles. The van der Waals surface area contributed by atoms with Crippen LogP contribution in [0.3, 0.4) is 0 Å². The number of ether oxygens (including phenoxy) is 4. The van der Waals surface area contributed by atoms with E-state index in [9.17, 15) is 23.8 Å². The third kappa shape index (κ3) is 39.4. The smallest absolute Gasteiger partial charge is 0.462 e. The highest BCUT2D eigenvalue weighted by molar-refractivity contribution is 7.47. The van der Waals surface area contributed by atoms with Crippen molar-refractivity contribution >= 4 is 25.9 Å². The molecule has 0 aliphatic heterocycles. The topological polar surface area (TPSA) is 191 Å². The standard InChI is InChI=1S/C37H72NO11P.CH4.H3N/c1-4-6-8-10-12-14-16-18-20-22-24-26-35(39)46-32-34(33-48-50(42,43)47-29-28-38-37(41)45-31-30-44-3)49-36(40)27-25-23-21-19-17-15-13-11-9-7-5-2;;/h34H,4-33H2,1-3H3,(H,38,41)(H,42,43);1H4;1H3. The Morgan fingerprint density at radius 2 is 1.04 bits per heavy atom. The average molecular weight is 771 g/mol. The fourth-order valence-corrected chi connectivity index (χ4v) is 6.03. The van der Waals surface area contributed by atoms with Crippen molar-refractivity contribution in [1.29, 1.82) is 0 Å². The molecule has 0 spiro atoms. The van der Waals surface area contributed by atoms with Gasteiger partial charge in [0.05, 0.1) is 19.8 Å². The molecule has 2 atom stereocenters. The molecule has 312 valence electrons. The highest BCUT2D eigenvalue weighted by Crippen LogP contribution is 2.43. The van der Waals surface area contributed by atoms with Gasteiger partial charge in [-0.05, 0) is 12.8 Å². The highest BCUT2D eigenvalue weighted by atomic mass is 31.2. The molecule has 0 rings (SSSR count). The summed E-state index contributed by atoms with van der Waals surface area (Å²) in [6, 6.07) is 0. The van der Waals surface area contributed by atoms with E-state index in [0.717, 1.165) is 38.5 Å². The van der Waals surface area contributed by atoms with E-state index in [2.05, 4.69) is 19.2 Å². The van der Waals surface area contributed by atoms with Crippen LogP contribution in [0, 0.1) is 0 Å². The van der Waals surface area contributed by atoms with E-state index in [1.54, 1.807) is 0 Å². The van der Waals surface area contributed by atoms with E-state index in [0.29, 0.717) is 12.8 Å². The van der Waals surface area contributed by atoms with Crippen molar-refractivity contribution in [3.05, 3.63) is 0 Å². The second-order valence-corrected chi connectivity index (χ2v) is 14.5. The lowest BCUT2D eigenvalue weighted by Gasteiger charge is -2.20. The van der Waals surface area contributed by atoms with Gasteiger partial charge in [0.25, 0.3) is 0 Å². The zero-order valence-electron chi connectivity index (χ0n) is 32.5. The Morgan fingerprint density at radius 1 is 0.596 bits per heavy atom. The lowest BCUT2D eigenvalue weighted by atomic mass is 10.1. The van der Waals surface area contributed by atoms with Gasteiger partial charge in [-0.15, -0.1) is 0 Å². The van der Waals surface area contributed by atoms with Gasteiger partial charge in [0.2, 0.25) is 0 Å². The fraction of sp³-hybridized carbons (Fsp3) is 0.921. The Kier molecular flexibility index (Phi) is 42.4. The molecule has 14 heteroatoms. The van der Waals surface area contributed by atoms with E-state index in [4.69, 9.17) is 28.0 Å². The number of unbranched alkanes of at least 4 members (excludes halogenated alkanes) is 20. The van der Waals surface area contributed by atoms with E-state index in [1.807, 2.05) is 0 Å². The maximum absolute atomic E-state index is 12.6. The summed E-state index contributed by atoms with van der Waals surface area (Å²) >= 11 is 0. The molecule has 0 saturated heterocycles. The molecule has 52 heavy (non-hydrogen) atoms. The van der Waals surface area contributed by atoms with E-state index in [-0.39, 0.29) is 59.4 Å². The summed E-state index contributed by atoms with van der Waals surface area (Å²) in [6.45, 7) is 3.52. The van der Waals surface area contributed by atoms with Crippen LogP contribution in [0.2, 0.25) is 0 Å². The predicted molar refractivity (Wildman–Crippen MR) is 208 cm³/mol. The summed E-state index contributed by atoms with van der Waals surface area (Å²) < 4.78 is 42.8. The maximum Gasteiger partial charge on any atom is 0.472 e. The average Bonchev–Trinajstić information content (AvgIpc) is 3.09. The Balaban J connectivity index is -0.0000120. The molecule has 0 aromatic rings. The maximum atomic E-state index is 12.6. The van der Waals surface area contributed by atoms with Crippen molar-refractivity contribution < 1.29 is 51.8 Å². The molecule has 5 N–H and O–H groups in total. The normalized spacial score (nSPS) is 12.5. The molecule has 0 aromatic carbocycles. The largest absolute Gasteiger partial charge is 0.472 e. The highest BCUT2D eigenvalue weighted by Gasteiger charge is 2.26. The number of amides is 1. The van der Waals surface area contributed by atoms with Gasteiger partial charge >= 0.3 is 25.9 Å². The van der Waals surface area contributed by atoms with Gasteiger partial charge in [0.15, 0.2) is 6.10 Å². The number of methoxy groups -OCH3 is 1. The number of carbonyl (C=O) groups excluding carboxylic acids is 3. The van der Waals surface area contributed by atoms with Crippen LogP contribution in [-0.2, 0) is 42.1 Å². The first kappa shape index (κ1) is 54.6. The molecule has 0 fully saturated rings. The molecule has 0 radical (unpaired) electrons. The Hall–Kier alpha value is -1.76. The Bertz CT molecular complexity index is 867. The van der Waals surface area contributed by atoms with Crippen LogP contribution < -0.4 is 11.5 Å². The lowest BCUT2D eigenvalue weighted by molar-refractivity contribution is -0.161. The molecule has 2 unspecified atom stereocenters. The summed E-state index contributed by atoms with van der Waals surface area (Å²) in [5, 5.41) is 2.37. The van der Waals surface area contributed by atoms with E-state index >= 15 is 0 Å². The number of alkyl carbamates (subject to hydrolysis) is 1. The quantitative estimate of drug-likeness (QED) is 0.0235. The van der Waals surface area contributed by atoms with Crippen molar-refractivity contribution in [1.82, 2.24) is 11.5 Å². The van der Waals surface area contributed by atoms with Crippen molar-refractivity contribution in [3.63, 3.8) is 0 Å². The van der Waals surface area contributed by atoms with Crippen molar-refractivity contribution in [2.24, 2.45) is 0 Å². The zero-order chi connectivity index (χ0) is 37.0. The number of hydrogen-bond donors (Lipinski definition) is 3. The second-order valence-electron chi connectivity index (χ2n) is 13.0. The van der Waals surface area contributed by atoms with Gasteiger partial charge in [0, 0.05) is 26.5 Å². The number of phosphoric acid groups is 1. The molecule has 0 heterocycles. The SMILES string of the molecule is C.CCCCCCCCCCCCCC(=O)OCC(COP(=O)(O)OCCNC(=O)OCCOC)OC(=O)CCCCCCCCCCCCC.N. The van der Waals surface area contributed by atoms with Crippen molar-refractivity contribution in [2.75, 3.05) is 46.7 Å². The minimum absolute atomic E-state index is 0. The molecule has 13 nitrogen and oxygen atoms in total. The zero-order valence-corrected chi connectivity index (χ0v) is 33.4. The van der Waals surface area contributed by atoms with Crippen LogP contribution in [0.5, 0.6) is 0 Å². The molecular weight excluding hydrogens is 691 g/mol. The summed E-state index contributed by atoms with van der Waals surface area (Å²) in [4.78, 5) is 46.7. The van der Waals surface area contributed by atoms with Crippen molar-refractivity contribution in [3.8, 4) is 0 Å². The molecular formula is C38H79N2O11P. The van der Waals surface area contributed by atoms with E-state index in [1.165, 1.54) is 97.0 Å². The minimum Gasteiger partial charge on any atom is -0.462 e. The lowest BCUT2D eigenvalue weighted by Crippen LogP contribution is -2.30. The van der Waals surface area contributed by atoms with E-state index < -0.39 is 38.6 Å². The van der Waals surface area contributed by atoms with Crippen LogP contribution >= 0.6 is 7.82 Å². The van der Waals surface area contributed by atoms with Gasteiger partial charge in [-0.1, -0.05) is 150 Å². The number of hydrogen-bond acceptors (Lipinski definition) is 11. The summed E-state index contributed by atoms with van der Waals surface area (Å²) in [6.07, 6.45) is 24.2. The van der Waals surface area contributed by atoms with Crippen LogP contribution in [0.4, 0.5) is 4.79 Å². The van der Waals surface area contributed by atoms with Gasteiger partial charge in [-0.2, -0.15) is 0 Å². The van der Waals surface area contributed by atoms with Crippen LogP contribution in [0.1, 0.15) is 175 Å². The monoisotopic (exact) mass is 771 g/mol. The number of nitrogens with one attached hydrogen (secondary N) is 1. The Morgan fingerprint density at radius 3 is 1.50 bits per heavy atom. The summed E-state index contributed by atoms with van der Waals surface area (Å²) in [5.74, 6) is -0.903. The van der Waals surface area contributed by atoms with Crippen molar-refractivity contribution in [2.45, 2.75) is 181 Å². The molecule has 0 aliphatic rings. The first-order valence-electron chi connectivity index (χ1n) is 19.6. The first-order chi connectivity index (χ1) is 24.2. The van der Waals surface area contributed by atoms with Crippen LogP contribution in [-0.4, -0.2) is 75.7 Å². The predicted octanol–water partition coefficient (Wildman–Crippen LogP) is 10.1. The molecule has 0 bridgehead atoms. The van der Waals surface area contributed by atoms with Gasteiger partial charge in [0.1, 0.15) is 13.2 Å². The third-order valence-corrected chi connectivity index (χ3v) is 9.25. The van der Waals surface area contributed by atoms with Gasteiger partial charge in [-0.3, -0.25) is 18.6 Å². The molecule has 1 amide bonds. The minimum atomic E-state index is -4.56. The van der Waals surface area contributed by atoms with Crippen LogP contribution in [0.25, 0.3) is 0 Å². The summed E-state index contributed by atoms with van der Waals surface area (Å²) in [7, 11) is -3.08. The first-order valence-corrected chi connectivity index (χ1v) is 21.1. The summed E-state index contributed by atoms with van der Waals surface area (Å²) in [5.41, 5.74) is 0.